The number of carbonyl (C=O) groups excluding carboxylic acids is 1. The molecule has 2 aromatic carbocycles. The summed E-state index contributed by atoms with van der Waals surface area (Å²) in [4.78, 5) is 11.7. The number of nitrogens with one attached hydrogen (secondary N) is 1. The number of amides is 1. The molecule has 3 rings (SSSR count). The highest BCUT2D eigenvalue weighted by atomic mass is 19.4. The minimum atomic E-state index is -4.92. The molecule has 0 saturated heterocycles. The minimum Gasteiger partial charge on any atom is -0.429 e. The molecule has 0 fully saturated rings. The van der Waals surface area contributed by atoms with E-state index in [1.807, 2.05) is 0 Å². The van der Waals surface area contributed by atoms with Gasteiger partial charge in [-0.3, -0.25) is 4.79 Å². The summed E-state index contributed by atoms with van der Waals surface area (Å²) >= 11 is 0. The molecule has 0 radical (unpaired) electrons. The summed E-state index contributed by atoms with van der Waals surface area (Å²) in [6.07, 6.45) is -19.0. The molecule has 14 heteroatoms. The van der Waals surface area contributed by atoms with Crippen LogP contribution in [0.2, 0.25) is 0 Å². The molecule has 0 aromatic heterocycles. The molecule has 2 aromatic rings. The number of halogens is 11. The van der Waals surface area contributed by atoms with Crippen molar-refractivity contribution in [2.24, 2.45) is 0 Å². The Morgan fingerprint density at radius 3 is 1.95 bits per heavy atom. The van der Waals surface area contributed by atoms with Crippen LogP contribution in [-0.2, 0) is 27.7 Å². The standard InChI is InChI=1S/C24H19F8NO2.C4H7F3/c25-19-10-18(11-20(12-19)35-24(31,32)21(26)27)22(33-14-34,13-15-4-2-1-3-5-15)16-6-8-17(9-7-16)23(28,29)30;1-2-3-4(5,6)7/h1-9,11-12,14,19,21H,10,13H2,(H,33,34);2-3H2,1H3/t19?,22-;/m1./s1. The van der Waals surface area contributed by atoms with Crippen molar-refractivity contribution in [3.8, 4) is 0 Å². The quantitative estimate of drug-likeness (QED) is 0.214. The van der Waals surface area contributed by atoms with Crippen molar-refractivity contribution < 1.29 is 57.8 Å². The van der Waals surface area contributed by atoms with Gasteiger partial charge in [0.25, 0.3) is 0 Å². The van der Waals surface area contributed by atoms with Gasteiger partial charge in [0, 0.05) is 19.3 Å². The SMILES string of the molecule is CCCC(F)(F)F.O=CN[C@@](Cc1ccccc1)(C1=CC(OC(F)(F)C(F)F)=CC(F)C1)c1ccc(C(F)(F)F)cc1. The van der Waals surface area contributed by atoms with Crippen molar-refractivity contribution in [2.45, 2.75) is 69.2 Å². The van der Waals surface area contributed by atoms with Crippen LogP contribution in [0.3, 0.4) is 0 Å². The average molecular weight is 617 g/mol. The third kappa shape index (κ3) is 9.76. The van der Waals surface area contributed by atoms with Crippen molar-refractivity contribution in [2.75, 3.05) is 0 Å². The molecule has 1 unspecified atom stereocenters. The van der Waals surface area contributed by atoms with Crippen LogP contribution in [-0.4, -0.2) is 31.3 Å². The molecular formula is C28H26F11NO2. The number of allylic oxidation sites excluding steroid dienone is 2. The van der Waals surface area contributed by atoms with Crippen LogP contribution in [0.15, 0.2) is 78.1 Å². The average Bonchev–Trinajstić information content (AvgIpc) is 2.87. The molecule has 0 saturated carbocycles. The first-order chi connectivity index (χ1) is 19.4. The molecule has 1 aliphatic rings. The third-order valence-electron chi connectivity index (χ3n) is 5.99. The molecule has 2 atom stereocenters. The van der Waals surface area contributed by atoms with Crippen LogP contribution in [0.25, 0.3) is 0 Å². The Morgan fingerprint density at radius 1 is 0.929 bits per heavy atom. The van der Waals surface area contributed by atoms with Gasteiger partial charge in [-0.25, -0.2) is 4.39 Å². The van der Waals surface area contributed by atoms with E-state index in [0.29, 0.717) is 11.6 Å². The lowest BCUT2D eigenvalue weighted by Crippen LogP contribution is -2.46. The Labute approximate surface area is 234 Å². The Kier molecular flexibility index (Phi) is 11.6. The van der Waals surface area contributed by atoms with Crippen LogP contribution < -0.4 is 5.32 Å². The third-order valence-corrected chi connectivity index (χ3v) is 5.99. The maximum absolute atomic E-state index is 14.6. The van der Waals surface area contributed by atoms with Gasteiger partial charge in [0.2, 0.25) is 6.41 Å². The van der Waals surface area contributed by atoms with E-state index in [0.717, 1.165) is 30.3 Å². The van der Waals surface area contributed by atoms with Gasteiger partial charge < -0.3 is 10.1 Å². The van der Waals surface area contributed by atoms with E-state index in [1.165, 1.54) is 6.92 Å². The summed E-state index contributed by atoms with van der Waals surface area (Å²) in [6.45, 7) is 1.51. The fourth-order valence-electron chi connectivity index (χ4n) is 4.15. The second kappa shape index (κ2) is 14.1. The molecule has 0 bridgehead atoms. The van der Waals surface area contributed by atoms with Gasteiger partial charge in [-0.2, -0.15) is 43.9 Å². The highest BCUT2D eigenvalue weighted by Gasteiger charge is 2.46. The van der Waals surface area contributed by atoms with Crippen molar-refractivity contribution >= 4 is 6.41 Å². The monoisotopic (exact) mass is 617 g/mol. The van der Waals surface area contributed by atoms with Crippen LogP contribution in [0.4, 0.5) is 48.3 Å². The molecule has 1 amide bonds. The van der Waals surface area contributed by atoms with Gasteiger partial charge in [0.1, 0.15) is 11.9 Å². The molecule has 3 nitrogen and oxygen atoms in total. The zero-order chi connectivity index (χ0) is 31.8. The molecule has 0 aliphatic heterocycles. The predicted octanol–water partition coefficient (Wildman–Crippen LogP) is 8.66. The Morgan fingerprint density at radius 2 is 1.50 bits per heavy atom. The van der Waals surface area contributed by atoms with E-state index >= 15 is 0 Å². The number of hydrogen-bond acceptors (Lipinski definition) is 2. The summed E-state index contributed by atoms with van der Waals surface area (Å²) in [5.74, 6) is -0.902. The topological polar surface area (TPSA) is 38.3 Å². The fourth-order valence-corrected chi connectivity index (χ4v) is 4.15. The lowest BCUT2D eigenvalue weighted by molar-refractivity contribution is -0.280. The summed E-state index contributed by atoms with van der Waals surface area (Å²) < 4.78 is 143. The van der Waals surface area contributed by atoms with E-state index < -0.39 is 60.8 Å². The Hall–Kier alpha value is -3.58. The molecule has 1 N–H and O–H groups in total. The van der Waals surface area contributed by atoms with Crippen LogP contribution >= 0.6 is 0 Å². The Bertz CT molecular complexity index is 1210. The van der Waals surface area contributed by atoms with Crippen LogP contribution in [0.5, 0.6) is 0 Å². The lowest BCUT2D eigenvalue weighted by atomic mass is 9.74. The first-order valence-corrected chi connectivity index (χ1v) is 12.3. The summed E-state index contributed by atoms with van der Waals surface area (Å²) in [5.41, 5.74) is -2.11. The van der Waals surface area contributed by atoms with Gasteiger partial charge in [-0.1, -0.05) is 49.4 Å². The predicted molar refractivity (Wildman–Crippen MR) is 131 cm³/mol. The minimum absolute atomic E-state index is 0.0664. The summed E-state index contributed by atoms with van der Waals surface area (Å²) in [7, 11) is 0. The number of rotatable bonds is 10. The highest BCUT2D eigenvalue weighted by molar-refractivity contribution is 5.55. The van der Waals surface area contributed by atoms with Crippen LogP contribution in [0.1, 0.15) is 42.9 Å². The highest BCUT2D eigenvalue weighted by Crippen LogP contribution is 2.41. The van der Waals surface area contributed by atoms with Crippen molar-refractivity contribution in [3.63, 3.8) is 0 Å². The van der Waals surface area contributed by atoms with Gasteiger partial charge >= 0.3 is 24.9 Å². The number of benzene rings is 2. The molecule has 232 valence electrons. The fraction of sp³-hybridized carbons (Fsp3) is 0.393. The lowest BCUT2D eigenvalue weighted by Gasteiger charge is -2.39. The van der Waals surface area contributed by atoms with E-state index in [1.54, 1.807) is 30.3 Å². The summed E-state index contributed by atoms with van der Waals surface area (Å²) in [6, 6.07) is 11.9. The van der Waals surface area contributed by atoms with E-state index in [9.17, 15) is 53.1 Å². The Balaban J connectivity index is 0.000000782. The number of hydrogen-bond donors (Lipinski definition) is 1. The smallest absolute Gasteiger partial charge is 0.429 e. The van der Waals surface area contributed by atoms with Gasteiger partial charge in [0.05, 0.1) is 11.1 Å². The van der Waals surface area contributed by atoms with E-state index in [2.05, 4.69) is 10.1 Å². The van der Waals surface area contributed by atoms with Crippen molar-refractivity contribution in [1.29, 1.82) is 0 Å². The van der Waals surface area contributed by atoms with E-state index in [-0.39, 0.29) is 30.4 Å². The van der Waals surface area contributed by atoms with Crippen molar-refractivity contribution in [1.82, 2.24) is 5.32 Å². The second-order valence-electron chi connectivity index (χ2n) is 9.19. The summed E-state index contributed by atoms with van der Waals surface area (Å²) in [5, 5.41) is 2.50. The molecule has 1 aliphatic carbocycles. The van der Waals surface area contributed by atoms with Gasteiger partial charge in [0.15, 0.2) is 0 Å². The molecular weight excluding hydrogens is 591 g/mol. The largest absolute Gasteiger partial charge is 0.461 e. The molecule has 42 heavy (non-hydrogen) atoms. The second-order valence-corrected chi connectivity index (χ2v) is 9.19. The van der Waals surface area contributed by atoms with Crippen molar-refractivity contribution in [3.05, 3.63) is 94.8 Å². The van der Waals surface area contributed by atoms with Gasteiger partial charge in [-0.05, 0) is 47.4 Å². The first-order valence-electron chi connectivity index (χ1n) is 12.3. The normalized spacial score (nSPS) is 17.3. The molecule has 0 spiro atoms. The van der Waals surface area contributed by atoms with Gasteiger partial charge in [-0.15, -0.1) is 0 Å². The first kappa shape index (κ1) is 34.6. The molecule has 0 heterocycles. The maximum Gasteiger partial charge on any atom is 0.461 e. The number of ether oxygens (including phenoxy) is 1. The zero-order valence-corrected chi connectivity index (χ0v) is 21.9. The van der Waals surface area contributed by atoms with E-state index in [4.69, 9.17) is 0 Å². The number of alkyl halides is 11. The zero-order valence-electron chi connectivity index (χ0n) is 21.9. The van der Waals surface area contributed by atoms with Crippen LogP contribution in [0, 0.1) is 0 Å². The number of carbonyl (C=O) groups is 1. The maximum atomic E-state index is 14.6.